The first-order chi connectivity index (χ1) is 19.5. The van der Waals surface area contributed by atoms with Gasteiger partial charge in [-0.25, -0.2) is 9.18 Å². The monoisotopic (exact) mass is 593 g/mol. The number of aliphatic imine (C=N–C) groups is 1. The first-order valence-corrected chi connectivity index (χ1v) is 13.3. The lowest BCUT2D eigenvalue weighted by Gasteiger charge is -2.25. The number of pyridine rings is 1. The maximum atomic E-state index is 14.5. The Hall–Kier alpha value is -4.33. The number of hydrogen-bond acceptors (Lipinski definition) is 5. The molecule has 0 saturated carbocycles. The summed E-state index contributed by atoms with van der Waals surface area (Å²) in [6.07, 6.45) is 6.31. The second-order valence-electron chi connectivity index (χ2n) is 9.16. The molecule has 0 saturated heterocycles. The second-order valence-corrected chi connectivity index (χ2v) is 10.4. The minimum atomic E-state index is -1.07. The average molecular weight is 594 g/mol. The second kappa shape index (κ2) is 12.5. The summed E-state index contributed by atoms with van der Waals surface area (Å²) in [6.45, 7) is 1.51. The minimum absolute atomic E-state index is 0.140. The summed E-state index contributed by atoms with van der Waals surface area (Å²) in [4.78, 5) is 36.6. The minimum Gasteiger partial charge on any atom is -0.375 e. The van der Waals surface area contributed by atoms with E-state index in [2.05, 4.69) is 33.8 Å². The van der Waals surface area contributed by atoms with Crippen LogP contribution in [0.4, 0.5) is 19.3 Å². The van der Waals surface area contributed by atoms with Crippen LogP contribution in [-0.2, 0) is 11.3 Å². The van der Waals surface area contributed by atoms with Gasteiger partial charge in [0.1, 0.15) is 5.82 Å². The number of nitrogens with two attached hydrogens (primary N) is 1. The predicted molar refractivity (Wildman–Crippen MR) is 165 cm³/mol. The SMILES string of the molecule is CC1=CC(=N)/C(=C(\N)F)C=C1N/C(=N/C(=O)N(C)c1cncc2ccccc12)N(C=O)Cc1cc(F)c(P)c(P)c1. The number of guanidine groups is 1. The Kier molecular flexibility index (Phi) is 9.01. The zero-order chi connectivity index (χ0) is 29.8. The van der Waals surface area contributed by atoms with Crippen LogP contribution >= 0.6 is 18.5 Å². The molecular weight excluding hydrogens is 566 g/mol. The van der Waals surface area contributed by atoms with E-state index in [0.717, 1.165) is 15.7 Å². The van der Waals surface area contributed by atoms with Gasteiger partial charge in [-0.2, -0.15) is 9.38 Å². The van der Waals surface area contributed by atoms with Crippen molar-refractivity contribution in [1.82, 2.24) is 15.2 Å². The smallest absolute Gasteiger partial charge is 0.351 e. The molecule has 4 N–H and O–H groups in total. The number of carbonyl (C=O) groups excluding carboxylic acids is 2. The van der Waals surface area contributed by atoms with E-state index in [1.54, 1.807) is 19.2 Å². The highest BCUT2D eigenvalue weighted by molar-refractivity contribution is 7.35. The summed E-state index contributed by atoms with van der Waals surface area (Å²) < 4.78 is 28.4. The third kappa shape index (κ3) is 6.53. The van der Waals surface area contributed by atoms with E-state index in [9.17, 15) is 18.4 Å². The number of nitrogens with one attached hydrogen (secondary N) is 2. The molecule has 3 amide bonds. The number of anilines is 1. The van der Waals surface area contributed by atoms with Gasteiger partial charge in [-0.05, 0) is 47.6 Å². The van der Waals surface area contributed by atoms with Crippen molar-refractivity contribution >= 4 is 69.7 Å². The van der Waals surface area contributed by atoms with Crippen molar-refractivity contribution in [1.29, 1.82) is 5.41 Å². The zero-order valence-corrected chi connectivity index (χ0v) is 24.5. The maximum Gasteiger partial charge on any atom is 0.351 e. The first-order valence-electron chi connectivity index (χ1n) is 12.2. The number of halogens is 2. The lowest BCUT2D eigenvalue weighted by atomic mass is 9.99. The van der Waals surface area contributed by atoms with E-state index in [4.69, 9.17) is 11.1 Å². The van der Waals surface area contributed by atoms with Gasteiger partial charge in [0.25, 0.3) is 0 Å². The van der Waals surface area contributed by atoms with Crippen LogP contribution in [0.3, 0.4) is 0 Å². The van der Waals surface area contributed by atoms with Crippen molar-refractivity contribution in [3.63, 3.8) is 0 Å². The number of aromatic nitrogens is 1. The van der Waals surface area contributed by atoms with Gasteiger partial charge in [0.05, 0.1) is 29.7 Å². The molecule has 1 heterocycles. The van der Waals surface area contributed by atoms with Gasteiger partial charge >= 0.3 is 6.03 Å². The van der Waals surface area contributed by atoms with Gasteiger partial charge in [-0.1, -0.05) is 24.3 Å². The molecule has 0 fully saturated rings. The molecule has 13 heteroatoms. The molecule has 41 heavy (non-hydrogen) atoms. The number of fused-ring (bicyclic) bond motifs is 1. The van der Waals surface area contributed by atoms with Crippen LogP contribution in [0.1, 0.15) is 12.5 Å². The van der Waals surface area contributed by atoms with Crippen molar-refractivity contribution in [3.8, 4) is 0 Å². The Labute approximate surface area is 239 Å². The standard InChI is InChI=1S/C28H27F2N7O2P2/c1-15-7-21(31)19(26(30)32)10-22(15)34-27(37(14-38)13-16-8-20(29)25(41)24(40)9-16)35-28(39)36(2)23-12-33-11-17-5-3-4-6-18(17)23/h3-12,14,31H,13,32,40-41H2,1-2H3,(H,34,35,39)/b26-19-,31-21?. The van der Waals surface area contributed by atoms with Crippen LogP contribution in [-0.4, -0.2) is 41.0 Å². The van der Waals surface area contributed by atoms with Crippen LogP contribution in [0.5, 0.6) is 0 Å². The summed E-state index contributed by atoms with van der Waals surface area (Å²) in [7, 11) is 6.26. The van der Waals surface area contributed by atoms with Gasteiger partial charge in [0.2, 0.25) is 12.4 Å². The number of carbonyl (C=O) groups is 2. The third-order valence-corrected chi connectivity index (χ3v) is 7.76. The lowest BCUT2D eigenvalue weighted by Crippen LogP contribution is -2.42. The Balaban J connectivity index is 1.77. The molecule has 0 aliphatic heterocycles. The number of urea groups is 1. The van der Waals surface area contributed by atoms with Crippen molar-refractivity contribution in [3.05, 3.63) is 95.1 Å². The van der Waals surface area contributed by atoms with E-state index in [1.807, 2.05) is 24.3 Å². The molecule has 1 aromatic heterocycles. The largest absolute Gasteiger partial charge is 0.375 e. The van der Waals surface area contributed by atoms with Crippen molar-refractivity contribution < 1.29 is 18.4 Å². The summed E-state index contributed by atoms with van der Waals surface area (Å²) in [5.74, 6) is -1.77. The van der Waals surface area contributed by atoms with Crippen molar-refractivity contribution in [2.45, 2.75) is 13.5 Å². The normalized spacial score (nSPS) is 14.8. The Morgan fingerprint density at radius 1 is 1.22 bits per heavy atom. The molecule has 210 valence electrons. The number of hydrogen-bond donors (Lipinski definition) is 3. The molecule has 1 aliphatic rings. The fourth-order valence-corrected chi connectivity index (χ4v) is 4.63. The van der Waals surface area contributed by atoms with Crippen LogP contribution in [0.15, 0.2) is 88.7 Å². The van der Waals surface area contributed by atoms with Crippen LogP contribution in [0, 0.1) is 11.2 Å². The molecule has 0 bridgehead atoms. The molecule has 1 aliphatic carbocycles. The van der Waals surface area contributed by atoms with Crippen molar-refractivity contribution in [2.75, 3.05) is 11.9 Å². The Morgan fingerprint density at radius 3 is 2.63 bits per heavy atom. The number of rotatable bonds is 5. The first kappa shape index (κ1) is 29.6. The number of allylic oxidation sites excluding steroid dienone is 4. The average Bonchev–Trinajstić information content (AvgIpc) is 2.94. The predicted octanol–water partition coefficient (Wildman–Crippen LogP) is 3.54. The molecule has 2 aromatic carbocycles. The summed E-state index contributed by atoms with van der Waals surface area (Å²) in [5.41, 5.74) is 6.68. The molecule has 0 radical (unpaired) electrons. The number of amides is 3. The van der Waals surface area contributed by atoms with Gasteiger partial charge < -0.3 is 16.5 Å². The van der Waals surface area contributed by atoms with Crippen LogP contribution in [0.25, 0.3) is 10.8 Å². The van der Waals surface area contributed by atoms with E-state index in [1.165, 1.54) is 36.4 Å². The summed E-state index contributed by atoms with van der Waals surface area (Å²) >= 11 is 0. The zero-order valence-electron chi connectivity index (χ0n) is 22.2. The fraction of sp³-hybridized carbons (Fsp3) is 0.107. The maximum absolute atomic E-state index is 14.5. The van der Waals surface area contributed by atoms with Crippen LogP contribution in [0.2, 0.25) is 0 Å². The van der Waals surface area contributed by atoms with Crippen molar-refractivity contribution in [2.24, 2.45) is 10.7 Å². The molecule has 3 aromatic rings. The van der Waals surface area contributed by atoms with E-state index in [0.29, 0.717) is 33.8 Å². The Morgan fingerprint density at radius 2 is 1.95 bits per heavy atom. The highest BCUT2D eigenvalue weighted by atomic mass is 31.0. The molecule has 0 spiro atoms. The summed E-state index contributed by atoms with van der Waals surface area (Å²) in [5, 5.41) is 13.4. The van der Waals surface area contributed by atoms with Crippen LogP contribution < -0.4 is 26.6 Å². The lowest BCUT2D eigenvalue weighted by molar-refractivity contribution is -0.115. The highest BCUT2D eigenvalue weighted by Gasteiger charge is 2.22. The van der Waals surface area contributed by atoms with E-state index in [-0.39, 0.29) is 29.5 Å². The van der Waals surface area contributed by atoms with E-state index < -0.39 is 17.8 Å². The summed E-state index contributed by atoms with van der Waals surface area (Å²) in [6, 6.07) is 9.59. The van der Waals surface area contributed by atoms with Gasteiger partial charge in [0, 0.05) is 35.0 Å². The Bertz CT molecular complexity index is 1670. The quantitative estimate of drug-likeness (QED) is 0.137. The molecule has 2 atom stereocenters. The topological polar surface area (TPSA) is 128 Å². The fourth-order valence-electron chi connectivity index (χ4n) is 4.11. The highest BCUT2D eigenvalue weighted by Crippen LogP contribution is 2.25. The van der Waals surface area contributed by atoms with E-state index >= 15 is 0 Å². The molecular formula is C28H27F2N7O2P2. The number of benzene rings is 2. The third-order valence-electron chi connectivity index (χ3n) is 6.34. The van der Waals surface area contributed by atoms with Gasteiger partial charge in [-0.15, -0.1) is 18.5 Å². The molecule has 2 unspecified atom stereocenters. The van der Waals surface area contributed by atoms with Gasteiger partial charge in [-0.3, -0.25) is 19.6 Å². The van der Waals surface area contributed by atoms with Gasteiger partial charge in [0.15, 0.2) is 5.95 Å². The molecule has 9 nitrogen and oxygen atoms in total. The number of nitrogens with zero attached hydrogens (tertiary/aromatic N) is 4. The molecule has 4 rings (SSSR count).